The topological polar surface area (TPSA) is 76.2 Å². The number of fused-ring (bicyclic) bond motifs is 1. The van der Waals surface area contributed by atoms with E-state index in [-0.39, 0.29) is 23.6 Å². The third-order valence-electron chi connectivity index (χ3n) is 3.38. The molecule has 1 saturated heterocycles. The van der Waals surface area contributed by atoms with Crippen molar-refractivity contribution >= 4 is 16.9 Å². The molecule has 20 heavy (non-hydrogen) atoms. The average molecular weight is 279 g/mol. The minimum atomic E-state index is -0.488. The van der Waals surface area contributed by atoms with Gasteiger partial charge in [0.15, 0.2) is 0 Å². The maximum Gasteiger partial charge on any atom is 0.254 e. The Labute approximate surface area is 114 Å². The molecule has 2 N–H and O–H groups in total. The molecule has 0 saturated carbocycles. The largest absolute Gasteiger partial charge is 0.377 e. The van der Waals surface area contributed by atoms with Crippen molar-refractivity contribution in [1.82, 2.24) is 15.3 Å². The number of nitrogens with one attached hydrogen (secondary N) is 2. The van der Waals surface area contributed by atoms with Gasteiger partial charge in [-0.15, -0.1) is 0 Å². The molecule has 6 nitrogen and oxygen atoms in total. The van der Waals surface area contributed by atoms with Crippen LogP contribution in [0.4, 0.5) is 4.39 Å². The van der Waals surface area contributed by atoms with Crippen LogP contribution in [0, 0.1) is 5.82 Å². The lowest BCUT2D eigenvalue weighted by atomic mass is 10.1. The third-order valence-corrected chi connectivity index (χ3v) is 3.38. The molecular formula is C13H14FN3O3. The standard InChI is InChI=1S/C13H14FN3O3/c1-19-11-5-20-4-10(11)17-13(18)8-2-7(14)3-9-12(8)16-6-15-9/h2-3,6,10-11H,4-5H2,1H3,(H,15,16)(H,17,18)/t10-,11+/m0/s1. The van der Waals surface area contributed by atoms with E-state index < -0.39 is 5.82 Å². The van der Waals surface area contributed by atoms with Crippen molar-refractivity contribution in [2.75, 3.05) is 20.3 Å². The van der Waals surface area contributed by atoms with Crippen molar-refractivity contribution in [1.29, 1.82) is 0 Å². The molecule has 0 unspecified atom stereocenters. The number of hydrogen-bond donors (Lipinski definition) is 2. The molecule has 1 aromatic heterocycles. The predicted molar refractivity (Wildman–Crippen MR) is 68.9 cm³/mol. The second kappa shape index (κ2) is 5.18. The molecule has 2 atom stereocenters. The van der Waals surface area contributed by atoms with E-state index in [0.29, 0.717) is 24.2 Å². The van der Waals surface area contributed by atoms with Crippen LogP contribution in [0.3, 0.4) is 0 Å². The van der Waals surface area contributed by atoms with Crippen molar-refractivity contribution in [3.8, 4) is 0 Å². The van der Waals surface area contributed by atoms with Crippen molar-refractivity contribution in [3.63, 3.8) is 0 Å². The van der Waals surface area contributed by atoms with E-state index in [0.717, 1.165) is 0 Å². The van der Waals surface area contributed by atoms with Crippen LogP contribution in [0.5, 0.6) is 0 Å². The van der Waals surface area contributed by atoms with Crippen LogP contribution in [0.2, 0.25) is 0 Å². The second-order valence-electron chi connectivity index (χ2n) is 4.64. The van der Waals surface area contributed by atoms with Crippen molar-refractivity contribution < 1.29 is 18.7 Å². The summed E-state index contributed by atoms with van der Waals surface area (Å²) in [6.45, 7) is 0.811. The average Bonchev–Trinajstić information content (AvgIpc) is 3.05. The van der Waals surface area contributed by atoms with Gasteiger partial charge < -0.3 is 19.8 Å². The van der Waals surface area contributed by atoms with Gasteiger partial charge in [-0.25, -0.2) is 9.37 Å². The van der Waals surface area contributed by atoms with Gasteiger partial charge in [-0.1, -0.05) is 0 Å². The number of amides is 1. The van der Waals surface area contributed by atoms with Crippen LogP contribution in [0.25, 0.3) is 11.0 Å². The van der Waals surface area contributed by atoms with Crippen LogP contribution in [0.15, 0.2) is 18.5 Å². The smallest absolute Gasteiger partial charge is 0.254 e. The Morgan fingerprint density at radius 1 is 1.55 bits per heavy atom. The van der Waals surface area contributed by atoms with Gasteiger partial charge in [-0.2, -0.15) is 0 Å². The summed E-state index contributed by atoms with van der Waals surface area (Å²) in [5, 5.41) is 2.80. The summed E-state index contributed by atoms with van der Waals surface area (Å²) in [4.78, 5) is 19.1. The normalized spacial score (nSPS) is 22.3. The molecule has 0 radical (unpaired) electrons. The predicted octanol–water partition coefficient (Wildman–Crippen LogP) is 0.846. The Balaban J connectivity index is 1.87. The fraction of sp³-hybridized carbons (Fsp3) is 0.385. The molecule has 1 fully saturated rings. The van der Waals surface area contributed by atoms with Crippen molar-refractivity contribution in [2.45, 2.75) is 12.1 Å². The number of hydrogen-bond acceptors (Lipinski definition) is 4. The van der Waals surface area contributed by atoms with Gasteiger partial charge in [0.1, 0.15) is 17.4 Å². The zero-order chi connectivity index (χ0) is 14.1. The van der Waals surface area contributed by atoms with Gasteiger partial charge in [0.2, 0.25) is 0 Å². The zero-order valence-electron chi connectivity index (χ0n) is 10.9. The van der Waals surface area contributed by atoms with E-state index in [1.165, 1.54) is 18.5 Å². The van der Waals surface area contributed by atoms with E-state index >= 15 is 0 Å². The van der Waals surface area contributed by atoms with Crippen LogP contribution in [0.1, 0.15) is 10.4 Å². The number of carbonyl (C=O) groups excluding carboxylic acids is 1. The number of carbonyl (C=O) groups is 1. The Bertz CT molecular complexity index is 643. The van der Waals surface area contributed by atoms with Gasteiger partial charge in [-0.3, -0.25) is 4.79 Å². The fourth-order valence-electron chi connectivity index (χ4n) is 2.34. The minimum absolute atomic E-state index is 0.192. The molecular weight excluding hydrogens is 265 g/mol. The number of ether oxygens (including phenoxy) is 2. The molecule has 2 heterocycles. The van der Waals surface area contributed by atoms with Gasteiger partial charge >= 0.3 is 0 Å². The Morgan fingerprint density at radius 3 is 3.20 bits per heavy atom. The van der Waals surface area contributed by atoms with E-state index in [1.54, 1.807) is 7.11 Å². The van der Waals surface area contributed by atoms with E-state index in [2.05, 4.69) is 15.3 Å². The number of H-pyrrole nitrogens is 1. The number of aromatic nitrogens is 2. The summed E-state index contributed by atoms with van der Waals surface area (Å²) >= 11 is 0. The van der Waals surface area contributed by atoms with Gasteiger partial charge in [0.25, 0.3) is 5.91 Å². The highest BCUT2D eigenvalue weighted by Gasteiger charge is 2.30. The Kier molecular flexibility index (Phi) is 3.37. The van der Waals surface area contributed by atoms with Crippen LogP contribution < -0.4 is 5.32 Å². The quantitative estimate of drug-likeness (QED) is 0.873. The number of imidazole rings is 1. The maximum absolute atomic E-state index is 13.5. The molecule has 1 amide bonds. The van der Waals surface area contributed by atoms with E-state index in [1.807, 2.05) is 0 Å². The molecule has 1 aliphatic rings. The minimum Gasteiger partial charge on any atom is -0.377 e. The second-order valence-corrected chi connectivity index (χ2v) is 4.64. The number of benzene rings is 1. The summed E-state index contributed by atoms with van der Waals surface area (Å²) in [6.07, 6.45) is 1.24. The van der Waals surface area contributed by atoms with E-state index in [4.69, 9.17) is 9.47 Å². The highest BCUT2D eigenvalue weighted by Crippen LogP contribution is 2.18. The maximum atomic E-state index is 13.5. The third kappa shape index (κ3) is 2.25. The summed E-state index contributed by atoms with van der Waals surface area (Å²) < 4.78 is 24.0. The number of nitrogens with zero attached hydrogens (tertiary/aromatic N) is 1. The van der Waals surface area contributed by atoms with Gasteiger partial charge in [-0.05, 0) is 12.1 Å². The first kappa shape index (κ1) is 13.0. The highest BCUT2D eigenvalue weighted by atomic mass is 19.1. The van der Waals surface area contributed by atoms with Crippen LogP contribution in [-0.4, -0.2) is 48.3 Å². The summed E-state index contributed by atoms with van der Waals surface area (Å²) in [6, 6.07) is 2.23. The lowest BCUT2D eigenvalue weighted by Gasteiger charge is -2.17. The summed E-state index contributed by atoms with van der Waals surface area (Å²) in [7, 11) is 1.56. The molecule has 0 spiro atoms. The van der Waals surface area contributed by atoms with Gasteiger partial charge in [0, 0.05) is 7.11 Å². The first-order chi connectivity index (χ1) is 9.69. The van der Waals surface area contributed by atoms with Crippen LogP contribution >= 0.6 is 0 Å². The first-order valence-corrected chi connectivity index (χ1v) is 6.23. The van der Waals surface area contributed by atoms with Gasteiger partial charge in [0.05, 0.1) is 36.7 Å². The molecule has 2 aromatic rings. The molecule has 7 heteroatoms. The monoisotopic (exact) mass is 279 g/mol. The fourth-order valence-corrected chi connectivity index (χ4v) is 2.34. The number of methoxy groups -OCH3 is 1. The highest BCUT2D eigenvalue weighted by molar-refractivity contribution is 6.04. The van der Waals surface area contributed by atoms with E-state index in [9.17, 15) is 9.18 Å². The Morgan fingerprint density at radius 2 is 2.40 bits per heavy atom. The Hall–Kier alpha value is -1.99. The molecule has 3 rings (SSSR count). The first-order valence-electron chi connectivity index (χ1n) is 6.23. The summed E-state index contributed by atoms with van der Waals surface area (Å²) in [5.74, 6) is -0.878. The molecule has 0 aliphatic carbocycles. The van der Waals surface area contributed by atoms with Crippen molar-refractivity contribution in [2.24, 2.45) is 0 Å². The number of halogens is 1. The number of aromatic amines is 1. The molecule has 1 aliphatic heterocycles. The lowest BCUT2D eigenvalue weighted by molar-refractivity contribution is 0.0686. The van der Waals surface area contributed by atoms with Crippen LogP contribution in [-0.2, 0) is 9.47 Å². The summed E-state index contributed by atoms with van der Waals surface area (Å²) in [5.41, 5.74) is 1.13. The zero-order valence-corrected chi connectivity index (χ0v) is 10.9. The lowest BCUT2D eigenvalue weighted by Crippen LogP contribution is -2.43. The molecule has 1 aromatic carbocycles. The molecule has 0 bridgehead atoms. The van der Waals surface area contributed by atoms with Crippen molar-refractivity contribution in [3.05, 3.63) is 29.8 Å². The number of rotatable bonds is 3. The SMILES string of the molecule is CO[C@@H]1COC[C@@H]1NC(=O)c1cc(F)cc2[nH]cnc12. The molecule has 106 valence electrons.